The maximum atomic E-state index is 13.2. The van der Waals surface area contributed by atoms with Crippen LogP contribution in [0.15, 0.2) is 12.1 Å². The summed E-state index contributed by atoms with van der Waals surface area (Å²) in [6, 6.07) is 3.82. The molecule has 0 radical (unpaired) electrons. The second kappa shape index (κ2) is 9.12. The molecule has 1 saturated heterocycles. The molecule has 3 heterocycles. The van der Waals surface area contributed by atoms with Gasteiger partial charge < -0.3 is 14.5 Å². The smallest absolute Gasteiger partial charge is 0.305 e. The first-order valence-electron chi connectivity index (χ1n) is 11.8. The molecule has 0 aromatic carbocycles. The van der Waals surface area contributed by atoms with Crippen LogP contribution >= 0.6 is 11.6 Å². The lowest BCUT2D eigenvalue weighted by Gasteiger charge is -2.35. The van der Waals surface area contributed by atoms with Crippen molar-refractivity contribution < 1.29 is 14.3 Å². The van der Waals surface area contributed by atoms with Crippen LogP contribution in [-0.2, 0) is 9.53 Å². The van der Waals surface area contributed by atoms with Crippen LogP contribution in [0.1, 0.15) is 51.5 Å². The standard InChI is InChI=1S/C24H34ClN5O3/c1-13(2)10-29(15(5)14(3)4)22-9-20(25)26-21-8-19(27-30(21)22)24(32)28-11-17-16(18(17)12-28)7-23(31)33-6/h8-9,13-18H,7,10-12H2,1-6H3/t15-,16-,17-,18+/m1/s1. The molecule has 4 rings (SSSR count). The molecule has 1 saturated carbocycles. The van der Waals surface area contributed by atoms with E-state index in [-0.39, 0.29) is 17.9 Å². The van der Waals surface area contributed by atoms with Gasteiger partial charge in [-0.1, -0.05) is 39.3 Å². The van der Waals surface area contributed by atoms with Crippen LogP contribution in [0.2, 0.25) is 5.15 Å². The number of ether oxygens (including phenoxy) is 1. The zero-order chi connectivity index (χ0) is 24.0. The summed E-state index contributed by atoms with van der Waals surface area (Å²) in [4.78, 5) is 33.4. The fourth-order valence-electron chi connectivity index (χ4n) is 5.02. The molecular weight excluding hydrogens is 442 g/mol. The normalized spacial score (nSPS) is 22.7. The zero-order valence-electron chi connectivity index (χ0n) is 20.3. The monoisotopic (exact) mass is 475 g/mol. The van der Waals surface area contributed by atoms with Crippen molar-refractivity contribution in [2.75, 3.05) is 31.6 Å². The van der Waals surface area contributed by atoms with E-state index in [1.54, 1.807) is 10.6 Å². The molecule has 2 aromatic heterocycles. The largest absolute Gasteiger partial charge is 0.469 e. The van der Waals surface area contributed by atoms with Gasteiger partial charge in [0.05, 0.1) is 7.11 Å². The van der Waals surface area contributed by atoms with Crippen LogP contribution in [0.5, 0.6) is 0 Å². The molecule has 1 aliphatic carbocycles. The predicted octanol–water partition coefficient (Wildman–Crippen LogP) is 3.77. The summed E-state index contributed by atoms with van der Waals surface area (Å²) in [6.45, 7) is 13.1. The number of carbonyl (C=O) groups is 2. The lowest BCUT2D eigenvalue weighted by Crippen LogP contribution is -2.40. The van der Waals surface area contributed by atoms with E-state index < -0.39 is 0 Å². The highest BCUT2D eigenvalue weighted by atomic mass is 35.5. The summed E-state index contributed by atoms with van der Waals surface area (Å²) >= 11 is 6.39. The minimum absolute atomic E-state index is 0.0982. The van der Waals surface area contributed by atoms with E-state index in [0.717, 1.165) is 12.4 Å². The highest BCUT2D eigenvalue weighted by Gasteiger charge is 2.57. The van der Waals surface area contributed by atoms with E-state index in [2.05, 4.69) is 49.6 Å². The Labute approximate surface area is 200 Å². The number of rotatable bonds is 8. The fourth-order valence-corrected chi connectivity index (χ4v) is 5.20. The molecular formula is C24H34ClN5O3. The van der Waals surface area contributed by atoms with Crippen molar-refractivity contribution in [3.63, 3.8) is 0 Å². The van der Waals surface area contributed by atoms with Crippen molar-refractivity contribution in [1.29, 1.82) is 0 Å². The summed E-state index contributed by atoms with van der Waals surface area (Å²) < 4.78 is 6.53. The number of amides is 1. The molecule has 4 atom stereocenters. The number of aromatic nitrogens is 3. The number of hydrogen-bond donors (Lipinski definition) is 0. The number of carbonyl (C=O) groups excluding carboxylic acids is 2. The molecule has 2 aliphatic rings. The van der Waals surface area contributed by atoms with Crippen molar-refractivity contribution >= 4 is 34.9 Å². The predicted molar refractivity (Wildman–Crippen MR) is 127 cm³/mol. The molecule has 180 valence electrons. The van der Waals surface area contributed by atoms with Gasteiger partial charge in [-0.15, -0.1) is 0 Å². The summed E-state index contributed by atoms with van der Waals surface area (Å²) in [5, 5.41) is 5.06. The highest BCUT2D eigenvalue weighted by Crippen LogP contribution is 2.53. The molecule has 8 nitrogen and oxygen atoms in total. The third-order valence-corrected chi connectivity index (χ3v) is 7.39. The number of fused-ring (bicyclic) bond motifs is 2. The quantitative estimate of drug-likeness (QED) is 0.427. The summed E-state index contributed by atoms with van der Waals surface area (Å²) in [5.41, 5.74) is 0.942. The molecule has 0 N–H and O–H groups in total. The Bertz CT molecular complexity index is 1040. The molecule has 1 aliphatic heterocycles. The van der Waals surface area contributed by atoms with Crippen molar-refractivity contribution in [3.8, 4) is 0 Å². The van der Waals surface area contributed by atoms with E-state index in [1.807, 2.05) is 11.0 Å². The first-order valence-corrected chi connectivity index (χ1v) is 12.2. The SMILES string of the molecule is COC(=O)C[C@@H]1[C@H]2CN(C(=O)c3cc4nc(Cl)cc(N(CC(C)C)[C@H](C)C(C)C)n4n3)C[C@@H]12. The molecule has 9 heteroatoms. The first kappa shape index (κ1) is 23.8. The van der Waals surface area contributed by atoms with Crippen molar-refractivity contribution in [3.05, 3.63) is 23.0 Å². The van der Waals surface area contributed by atoms with Gasteiger partial charge in [-0.3, -0.25) is 9.59 Å². The van der Waals surface area contributed by atoms with Gasteiger partial charge in [0.25, 0.3) is 5.91 Å². The van der Waals surface area contributed by atoms with Gasteiger partial charge in [-0.05, 0) is 36.5 Å². The zero-order valence-corrected chi connectivity index (χ0v) is 21.0. The Morgan fingerprint density at radius 1 is 1.18 bits per heavy atom. The average Bonchev–Trinajstić information content (AvgIpc) is 3.12. The molecule has 33 heavy (non-hydrogen) atoms. The number of nitrogens with zero attached hydrogens (tertiary/aromatic N) is 5. The lowest BCUT2D eigenvalue weighted by molar-refractivity contribution is -0.141. The van der Waals surface area contributed by atoms with Gasteiger partial charge >= 0.3 is 5.97 Å². The first-order chi connectivity index (χ1) is 15.6. The molecule has 1 amide bonds. The van der Waals surface area contributed by atoms with Crippen LogP contribution < -0.4 is 4.90 Å². The third-order valence-electron chi connectivity index (χ3n) is 7.20. The Morgan fingerprint density at radius 2 is 1.85 bits per heavy atom. The minimum atomic E-state index is -0.176. The summed E-state index contributed by atoms with van der Waals surface area (Å²) in [6.07, 6.45) is 0.438. The van der Waals surface area contributed by atoms with Crippen LogP contribution in [0.4, 0.5) is 5.82 Å². The third kappa shape index (κ3) is 4.67. The number of piperidine rings is 1. The average molecular weight is 476 g/mol. The van der Waals surface area contributed by atoms with Crippen molar-refractivity contribution in [1.82, 2.24) is 19.5 Å². The van der Waals surface area contributed by atoms with Crippen LogP contribution in [0.25, 0.3) is 5.65 Å². The van der Waals surface area contributed by atoms with Crippen LogP contribution in [0.3, 0.4) is 0 Å². The van der Waals surface area contributed by atoms with Gasteiger partial charge in [0.15, 0.2) is 11.3 Å². The Kier molecular flexibility index (Phi) is 6.58. The number of halogens is 1. The van der Waals surface area contributed by atoms with Gasteiger partial charge in [0, 0.05) is 44.2 Å². The van der Waals surface area contributed by atoms with Crippen molar-refractivity contribution in [2.24, 2.45) is 29.6 Å². The van der Waals surface area contributed by atoms with Crippen LogP contribution in [0, 0.1) is 29.6 Å². The summed E-state index contributed by atoms with van der Waals surface area (Å²) in [7, 11) is 1.42. The highest BCUT2D eigenvalue weighted by molar-refractivity contribution is 6.29. The molecule has 0 bridgehead atoms. The maximum Gasteiger partial charge on any atom is 0.305 e. The fraction of sp³-hybridized carbons (Fsp3) is 0.667. The van der Waals surface area contributed by atoms with E-state index >= 15 is 0 Å². The maximum absolute atomic E-state index is 13.2. The number of likely N-dealkylation sites (tertiary alicyclic amines) is 1. The van der Waals surface area contributed by atoms with Gasteiger partial charge in [0.2, 0.25) is 0 Å². The number of hydrogen-bond acceptors (Lipinski definition) is 6. The molecule has 2 fully saturated rings. The Morgan fingerprint density at radius 3 is 2.42 bits per heavy atom. The van der Waals surface area contributed by atoms with Crippen LogP contribution in [-0.4, -0.2) is 64.2 Å². The Balaban J connectivity index is 1.57. The number of anilines is 1. The Hall–Kier alpha value is -2.35. The van der Waals surface area contributed by atoms with Gasteiger partial charge in [-0.25, -0.2) is 4.98 Å². The van der Waals surface area contributed by atoms with E-state index in [1.165, 1.54) is 7.11 Å². The number of methoxy groups -OCH3 is 1. The number of esters is 1. The minimum Gasteiger partial charge on any atom is -0.469 e. The van der Waals surface area contributed by atoms with Gasteiger partial charge in [0.1, 0.15) is 11.0 Å². The lowest BCUT2D eigenvalue weighted by atomic mass is 10.0. The molecule has 0 unspecified atom stereocenters. The van der Waals surface area contributed by atoms with E-state index in [0.29, 0.717) is 65.6 Å². The molecule has 2 aromatic rings. The van der Waals surface area contributed by atoms with Gasteiger partial charge in [-0.2, -0.15) is 9.61 Å². The van der Waals surface area contributed by atoms with E-state index in [9.17, 15) is 9.59 Å². The molecule has 0 spiro atoms. The van der Waals surface area contributed by atoms with E-state index in [4.69, 9.17) is 16.3 Å². The van der Waals surface area contributed by atoms with Crippen molar-refractivity contribution in [2.45, 2.75) is 47.1 Å². The summed E-state index contributed by atoms with van der Waals surface area (Å²) in [5.74, 6) is 2.53. The topological polar surface area (TPSA) is 80.0 Å². The second-order valence-electron chi connectivity index (χ2n) is 10.2. The second-order valence-corrected chi connectivity index (χ2v) is 10.6.